The third-order valence-corrected chi connectivity index (χ3v) is 3.47. The highest BCUT2D eigenvalue weighted by Crippen LogP contribution is 2.11. The van der Waals surface area contributed by atoms with Gasteiger partial charge in [-0.2, -0.15) is 5.10 Å². The van der Waals surface area contributed by atoms with Crippen LogP contribution < -0.4 is 0 Å². The van der Waals surface area contributed by atoms with Gasteiger partial charge in [-0.05, 0) is 6.92 Å². The van der Waals surface area contributed by atoms with Gasteiger partial charge in [-0.25, -0.2) is 0 Å². The van der Waals surface area contributed by atoms with E-state index in [-0.39, 0.29) is 5.91 Å². The molecular formula is C13H17N5O2. The molecule has 0 aromatic carbocycles. The molecule has 0 spiro atoms. The van der Waals surface area contributed by atoms with Crippen LogP contribution in [0, 0.1) is 6.92 Å². The molecule has 106 valence electrons. The molecule has 0 unspecified atom stereocenters. The molecule has 0 bridgehead atoms. The smallest absolute Gasteiger partial charge is 0.257 e. The van der Waals surface area contributed by atoms with E-state index in [2.05, 4.69) is 20.3 Å². The molecule has 0 aliphatic carbocycles. The fourth-order valence-electron chi connectivity index (χ4n) is 2.38. The van der Waals surface area contributed by atoms with E-state index in [1.807, 2.05) is 17.9 Å². The number of carbonyl (C=O) groups excluding carboxylic acids is 1. The fraction of sp³-hybridized carbons (Fsp3) is 0.462. The van der Waals surface area contributed by atoms with Crippen molar-refractivity contribution in [1.82, 2.24) is 25.2 Å². The fourth-order valence-corrected chi connectivity index (χ4v) is 2.38. The van der Waals surface area contributed by atoms with E-state index in [1.54, 1.807) is 12.4 Å². The van der Waals surface area contributed by atoms with E-state index in [1.165, 1.54) is 0 Å². The molecule has 1 fully saturated rings. The number of aromatic nitrogens is 3. The minimum absolute atomic E-state index is 0.0377. The average molecular weight is 275 g/mol. The molecule has 0 radical (unpaired) electrons. The van der Waals surface area contributed by atoms with Crippen molar-refractivity contribution in [2.45, 2.75) is 13.5 Å². The van der Waals surface area contributed by atoms with E-state index in [9.17, 15) is 4.79 Å². The first-order valence-electron chi connectivity index (χ1n) is 6.65. The number of hydrogen-bond acceptors (Lipinski definition) is 5. The van der Waals surface area contributed by atoms with Crippen LogP contribution in [0.2, 0.25) is 0 Å². The Morgan fingerprint density at radius 2 is 2.20 bits per heavy atom. The van der Waals surface area contributed by atoms with Crippen molar-refractivity contribution in [1.29, 1.82) is 0 Å². The lowest BCUT2D eigenvalue weighted by Crippen LogP contribution is -2.48. The van der Waals surface area contributed by atoms with Crippen LogP contribution in [0.3, 0.4) is 0 Å². The summed E-state index contributed by atoms with van der Waals surface area (Å²) in [6.07, 6.45) is 3.19. The van der Waals surface area contributed by atoms with Crippen molar-refractivity contribution in [3.63, 3.8) is 0 Å². The second kappa shape index (κ2) is 5.46. The maximum atomic E-state index is 12.1. The zero-order chi connectivity index (χ0) is 13.9. The highest BCUT2D eigenvalue weighted by atomic mass is 16.5. The first-order chi connectivity index (χ1) is 9.72. The van der Waals surface area contributed by atoms with Gasteiger partial charge in [-0.15, -0.1) is 0 Å². The molecule has 0 atom stereocenters. The van der Waals surface area contributed by atoms with Crippen LogP contribution >= 0.6 is 0 Å². The summed E-state index contributed by atoms with van der Waals surface area (Å²) in [5, 5.41) is 10.5. The van der Waals surface area contributed by atoms with Crippen molar-refractivity contribution in [3.8, 4) is 0 Å². The average Bonchev–Trinajstić information content (AvgIpc) is 3.11. The Morgan fingerprint density at radius 3 is 2.80 bits per heavy atom. The van der Waals surface area contributed by atoms with Crippen LogP contribution in [0.25, 0.3) is 0 Å². The molecule has 1 aliphatic heterocycles. The van der Waals surface area contributed by atoms with Crippen molar-refractivity contribution in [2.24, 2.45) is 0 Å². The summed E-state index contributed by atoms with van der Waals surface area (Å²) in [6, 6.07) is 1.95. The number of aromatic amines is 1. The van der Waals surface area contributed by atoms with E-state index in [0.29, 0.717) is 5.56 Å². The molecular weight excluding hydrogens is 258 g/mol. The second-order valence-electron chi connectivity index (χ2n) is 4.98. The zero-order valence-electron chi connectivity index (χ0n) is 11.4. The molecule has 7 heteroatoms. The molecule has 0 saturated carbocycles. The third-order valence-electron chi connectivity index (χ3n) is 3.47. The molecule has 1 N–H and O–H groups in total. The number of nitrogens with zero attached hydrogens (tertiary/aromatic N) is 4. The Morgan fingerprint density at radius 1 is 1.40 bits per heavy atom. The molecule has 2 aromatic heterocycles. The largest absolute Gasteiger partial charge is 0.361 e. The number of carbonyl (C=O) groups is 1. The van der Waals surface area contributed by atoms with Crippen LogP contribution in [0.1, 0.15) is 21.8 Å². The Kier molecular flexibility index (Phi) is 3.51. The van der Waals surface area contributed by atoms with Crippen molar-refractivity contribution < 1.29 is 9.32 Å². The van der Waals surface area contributed by atoms with Gasteiger partial charge < -0.3 is 9.42 Å². The third kappa shape index (κ3) is 2.72. The van der Waals surface area contributed by atoms with Crippen LogP contribution in [0.5, 0.6) is 0 Å². The maximum absolute atomic E-state index is 12.1. The number of piperazine rings is 1. The van der Waals surface area contributed by atoms with Gasteiger partial charge in [-0.3, -0.25) is 14.8 Å². The van der Waals surface area contributed by atoms with Crippen molar-refractivity contribution in [3.05, 3.63) is 35.5 Å². The molecule has 1 amide bonds. The van der Waals surface area contributed by atoms with Gasteiger partial charge in [0.05, 0.1) is 17.5 Å². The van der Waals surface area contributed by atoms with E-state index in [4.69, 9.17) is 4.52 Å². The summed E-state index contributed by atoms with van der Waals surface area (Å²) in [7, 11) is 0. The molecule has 3 rings (SSSR count). The van der Waals surface area contributed by atoms with Crippen molar-refractivity contribution >= 4 is 5.91 Å². The van der Waals surface area contributed by atoms with E-state index < -0.39 is 0 Å². The quantitative estimate of drug-likeness (QED) is 0.890. The number of nitrogens with one attached hydrogen (secondary N) is 1. The minimum atomic E-state index is 0.0377. The Labute approximate surface area is 116 Å². The first kappa shape index (κ1) is 12.9. The first-order valence-corrected chi connectivity index (χ1v) is 6.65. The standard InChI is InChI=1S/C13H17N5O2/c1-10-6-12(16-20-10)9-17-2-4-18(5-3-17)13(19)11-7-14-15-8-11/h6-8H,2-5,9H2,1H3,(H,14,15). The zero-order valence-corrected chi connectivity index (χ0v) is 11.4. The van der Waals surface area contributed by atoms with Crippen LogP contribution in [0.4, 0.5) is 0 Å². The van der Waals surface area contributed by atoms with Gasteiger partial charge >= 0.3 is 0 Å². The SMILES string of the molecule is Cc1cc(CN2CCN(C(=O)c3cn[nH]c3)CC2)no1. The molecule has 1 saturated heterocycles. The summed E-state index contributed by atoms with van der Waals surface area (Å²) in [4.78, 5) is 16.3. The predicted octanol–water partition coefficient (Wildman–Crippen LogP) is 0.664. The summed E-state index contributed by atoms with van der Waals surface area (Å²) in [5.41, 5.74) is 1.56. The summed E-state index contributed by atoms with van der Waals surface area (Å²) in [5.74, 6) is 0.865. The van der Waals surface area contributed by atoms with Crippen LogP contribution in [-0.4, -0.2) is 57.2 Å². The summed E-state index contributed by atoms with van der Waals surface area (Å²) < 4.78 is 5.06. The lowest BCUT2D eigenvalue weighted by atomic mass is 10.2. The molecule has 1 aliphatic rings. The molecule has 2 aromatic rings. The Hall–Kier alpha value is -2.15. The van der Waals surface area contributed by atoms with E-state index in [0.717, 1.165) is 44.2 Å². The van der Waals surface area contributed by atoms with Crippen LogP contribution in [-0.2, 0) is 6.54 Å². The number of rotatable bonds is 3. The van der Waals surface area contributed by atoms with E-state index >= 15 is 0 Å². The lowest BCUT2D eigenvalue weighted by molar-refractivity contribution is 0.0625. The number of H-pyrrole nitrogens is 1. The number of aryl methyl sites for hydroxylation is 1. The Bertz CT molecular complexity index is 569. The molecule has 3 heterocycles. The second-order valence-corrected chi connectivity index (χ2v) is 4.98. The molecule has 20 heavy (non-hydrogen) atoms. The Balaban J connectivity index is 1.53. The topological polar surface area (TPSA) is 78.3 Å². The number of amides is 1. The summed E-state index contributed by atoms with van der Waals surface area (Å²) in [6.45, 7) is 5.79. The van der Waals surface area contributed by atoms with Crippen molar-refractivity contribution in [2.75, 3.05) is 26.2 Å². The number of hydrogen-bond donors (Lipinski definition) is 1. The van der Waals surface area contributed by atoms with Gasteiger partial charge in [0, 0.05) is 45.0 Å². The minimum Gasteiger partial charge on any atom is -0.361 e. The van der Waals surface area contributed by atoms with Gasteiger partial charge in [0.1, 0.15) is 5.76 Å². The predicted molar refractivity (Wildman–Crippen MR) is 71.0 cm³/mol. The maximum Gasteiger partial charge on any atom is 0.257 e. The normalized spacial score (nSPS) is 16.6. The van der Waals surface area contributed by atoms with Gasteiger partial charge in [-0.1, -0.05) is 5.16 Å². The van der Waals surface area contributed by atoms with Gasteiger partial charge in [0.2, 0.25) is 0 Å². The molecule has 7 nitrogen and oxygen atoms in total. The monoisotopic (exact) mass is 275 g/mol. The highest BCUT2D eigenvalue weighted by Gasteiger charge is 2.23. The van der Waals surface area contributed by atoms with Gasteiger partial charge in [0.25, 0.3) is 5.91 Å². The lowest BCUT2D eigenvalue weighted by Gasteiger charge is -2.34. The summed E-state index contributed by atoms with van der Waals surface area (Å²) >= 11 is 0. The van der Waals surface area contributed by atoms with Crippen LogP contribution in [0.15, 0.2) is 23.0 Å². The van der Waals surface area contributed by atoms with Gasteiger partial charge in [0.15, 0.2) is 0 Å². The highest BCUT2D eigenvalue weighted by molar-refractivity contribution is 5.93.